The molecule has 0 bridgehead atoms. The number of likely N-dealkylation sites (tertiary alicyclic amines) is 1. The third kappa shape index (κ3) is 3.96. The maximum atomic E-state index is 12.6. The number of ether oxygens (including phenoxy) is 1. The van der Waals surface area contributed by atoms with Crippen LogP contribution in [0.15, 0.2) is 48.5 Å². The lowest BCUT2D eigenvalue weighted by Gasteiger charge is -2.33. The number of hydrogen-bond donors (Lipinski definition) is 0. The van der Waals surface area contributed by atoms with E-state index >= 15 is 0 Å². The Morgan fingerprint density at radius 2 is 1.68 bits per heavy atom. The molecule has 2 aromatic rings. The molecule has 25 heavy (non-hydrogen) atoms. The van der Waals surface area contributed by atoms with Gasteiger partial charge in [-0.2, -0.15) is 0 Å². The molecule has 3 rings (SSSR count). The number of amides is 1. The van der Waals surface area contributed by atoms with E-state index in [2.05, 4.69) is 6.92 Å². The second-order valence-corrected chi connectivity index (χ2v) is 6.22. The van der Waals surface area contributed by atoms with Gasteiger partial charge in [-0.1, -0.05) is 0 Å². The van der Waals surface area contributed by atoms with E-state index in [0.29, 0.717) is 17.1 Å². The highest BCUT2D eigenvalue weighted by Gasteiger charge is 2.24. The second-order valence-electron chi connectivity index (χ2n) is 6.22. The molecule has 0 aromatic heterocycles. The summed E-state index contributed by atoms with van der Waals surface area (Å²) >= 11 is 0. The van der Waals surface area contributed by atoms with Gasteiger partial charge in [0.15, 0.2) is 0 Å². The van der Waals surface area contributed by atoms with Crippen molar-refractivity contribution in [2.24, 2.45) is 0 Å². The molecule has 0 spiro atoms. The van der Waals surface area contributed by atoms with Gasteiger partial charge in [0, 0.05) is 30.3 Å². The van der Waals surface area contributed by atoms with E-state index < -0.39 is 4.92 Å². The van der Waals surface area contributed by atoms with E-state index in [1.807, 2.05) is 4.90 Å². The summed E-state index contributed by atoms with van der Waals surface area (Å²) in [5, 5.41) is 10.7. The number of nitro benzene ring substituents is 1. The maximum Gasteiger partial charge on any atom is 0.269 e. The quantitative estimate of drug-likeness (QED) is 0.611. The predicted molar refractivity (Wildman–Crippen MR) is 94.0 cm³/mol. The third-order valence-electron chi connectivity index (χ3n) is 4.45. The molecule has 1 atom stereocenters. The van der Waals surface area contributed by atoms with Gasteiger partial charge in [0.05, 0.1) is 4.92 Å². The molecule has 1 aliphatic heterocycles. The van der Waals surface area contributed by atoms with Crippen LogP contribution < -0.4 is 4.74 Å². The van der Waals surface area contributed by atoms with Crippen LogP contribution in [0.1, 0.15) is 36.5 Å². The van der Waals surface area contributed by atoms with Crippen LogP contribution in [0.5, 0.6) is 11.5 Å². The summed E-state index contributed by atoms with van der Waals surface area (Å²) in [6.07, 6.45) is 3.28. The molecule has 6 heteroatoms. The van der Waals surface area contributed by atoms with Crippen LogP contribution in [0.25, 0.3) is 0 Å². The van der Waals surface area contributed by atoms with E-state index in [1.165, 1.54) is 18.6 Å². The van der Waals surface area contributed by atoms with Gasteiger partial charge in [0.1, 0.15) is 11.5 Å². The zero-order valence-corrected chi connectivity index (χ0v) is 14.1. The fraction of sp³-hybridized carbons (Fsp3) is 0.316. The molecule has 0 saturated carbocycles. The molecule has 1 heterocycles. The summed E-state index contributed by atoms with van der Waals surface area (Å²) in [5.74, 6) is 1.14. The van der Waals surface area contributed by atoms with Crippen molar-refractivity contribution in [2.75, 3.05) is 6.54 Å². The van der Waals surface area contributed by atoms with E-state index in [4.69, 9.17) is 4.74 Å². The van der Waals surface area contributed by atoms with Crippen LogP contribution >= 0.6 is 0 Å². The zero-order chi connectivity index (χ0) is 17.8. The Labute approximate surface area is 146 Å². The van der Waals surface area contributed by atoms with E-state index in [-0.39, 0.29) is 17.6 Å². The average molecular weight is 340 g/mol. The van der Waals surface area contributed by atoms with Crippen molar-refractivity contribution in [3.8, 4) is 11.5 Å². The molecule has 1 amide bonds. The molecular formula is C19H20N2O4. The fourth-order valence-corrected chi connectivity index (χ4v) is 3.00. The summed E-state index contributed by atoms with van der Waals surface area (Å²) in [6.45, 7) is 2.89. The Morgan fingerprint density at radius 1 is 1.08 bits per heavy atom. The molecule has 1 aliphatic rings. The van der Waals surface area contributed by atoms with Gasteiger partial charge in [-0.25, -0.2) is 0 Å². The number of piperidine rings is 1. The largest absolute Gasteiger partial charge is 0.457 e. The van der Waals surface area contributed by atoms with Crippen LogP contribution in [0.4, 0.5) is 5.69 Å². The van der Waals surface area contributed by atoms with Crippen LogP contribution in [0.3, 0.4) is 0 Å². The molecule has 130 valence electrons. The number of non-ortho nitro benzene ring substituents is 1. The van der Waals surface area contributed by atoms with Crippen molar-refractivity contribution in [1.82, 2.24) is 4.90 Å². The van der Waals surface area contributed by atoms with Crippen molar-refractivity contribution in [1.29, 1.82) is 0 Å². The van der Waals surface area contributed by atoms with Crippen LogP contribution in [-0.4, -0.2) is 28.3 Å². The molecule has 2 aromatic carbocycles. The predicted octanol–water partition coefficient (Wildman–Crippen LogP) is 4.40. The summed E-state index contributed by atoms with van der Waals surface area (Å²) in [7, 11) is 0. The highest BCUT2D eigenvalue weighted by molar-refractivity contribution is 5.94. The van der Waals surface area contributed by atoms with Crippen molar-refractivity contribution in [3.05, 3.63) is 64.2 Å². The average Bonchev–Trinajstić information content (AvgIpc) is 2.63. The highest BCUT2D eigenvalue weighted by atomic mass is 16.6. The summed E-state index contributed by atoms with van der Waals surface area (Å²) in [5.41, 5.74) is 0.661. The first-order chi connectivity index (χ1) is 12.0. The fourth-order valence-electron chi connectivity index (χ4n) is 3.00. The molecule has 1 fully saturated rings. The minimum atomic E-state index is -0.453. The maximum absolute atomic E-state index is 12.6. The standard InChI is InChI=1S/C19H20N2O4/c1-14-4-2-3-13-20(14)19(22)15-5-9-17(10-6-15)25-18-11-7-16(8-12-18)21(23)24/h5-12,14H,2-4,13H2,1H3/t14-/m0/s1. The first-order valence-corrected chi connectivity index (χ1v) is 8.38. The molecule has 0 unspecified atom stereocenters. The van der Waals surface area contributed by atoms with Gasteiger partial charge in [0.2, 0.25) is 0 Å². The molecular weight excluding hydrogens is 320 g/mol. The monoisotopic (exact) mass is 340 g/mol. The first kappa shape index (κ1) is 17.0. The van der Waals surface area contributed by atoms with Crippen LogP contribution in [0.2, 0.25) is 0 Å². The van der Waals surface area contributed by atoms with Crippen LogP contribution in [0, 0.1) is 10.1 Å². The molecule has 1 saturated heterocycles. The Morgan fingerprint density at radius 3 is 2.24 bits per heavy atom. The zero-order valence-electron chi connectivity index (χ0n) is 14.1. The van der Waals surface area contributed by atoms with E-state index in [0.717, 1.165) is 19.4 Å². The van der Waals surface area contributed by atoms with Gasteiger partial charge in [0.25, 0.3) is 11.6 Å². The minimum Gasteiger partial charge on any atom is -0.457 e. The van der Waals surface area contributed by atoms with E-state index in [1.54, 1.807) is 36.4 Å². The van der Waals surface area contributed by atoms with Gasteiger partial charge in [-0.05, 0) is 62.6 Å². The normalized spacial score (nSPS) is 17.2. The topological polar surface area (TPSA) is 72.7 Å². The summed E-state index contributed by atoms with van der Waals surface area (Å²) in [6, 6.07) is 13.1. The number of nitro groups is 1. The Bertz CT molecular complexity index is 756. The second kappa shape index (κ2) is 7.34. The lowest BCUT2D eigenvalue weighted by Crippen LogP contribution is -2.41. The number of carbonyl (C=O) groups excluding carboxylic acids is 1. The van der Waals surface area contributed by atoms with Gasteiger partial charge in [-0.3, -0.25) is 14.9 Å². The summed E-state index contributed by atoms with van der Waals surface area (Å²) < 4.78 is 5.67. The Balaban J connectivity index is 1.67. The molecule has 0 radical (unpaired) electrons. The van der Waals surface area contributed by atoms with Gasteiger partial charge >= 0.3 is 0 Å². The van der Waals surface area contributed by atoms with Crippen molar-refractivity contribution >= 4 is 11.6 Å². The number of rotatable bonds is 4. The molecule has 0 aliphatic carbocycles. The minimum absolute atomic E-state index is 0.0175. The Kier molecular flexibility index (Phi) is 4.97. The number of carbonyl (C=O) groups is 1. The third-order valence-corrected chi connectivity index (χ3v) is 4.45. The number of nitrogens with zero attached hydrogens (tertiary/aromatic N) is 2. The van der Waals surface area contributed by atoms with Crippen molar-refractivity contribution in [2.45, 2.75) is 32.2 Å². The van der Waals surface area contributed by atoms with Crippen molar-refractivity contribution in [3.63, 3.8) is 0 Å². The summed E-state index contributed by atoms with van der Waals surface area (Å²) in [4.78, 5) is 24.7. The number of hydrogen-bond acceptors (Lipinski definition) is 4. The smallest absolute Gasteiger partial charge is 0.269 e. The lowest BCUT2D eigenvalue weighted by molar-refractivity contribution is -0.384. The first-order valence-electron chi connectivity index (χ1n) is 8.38. The molecule has 6 nitrogen and oxygen atoms in total. The van der Waals surface area contributed by atoms with Gasteiger partial charge in [-0.15, -0.1) is 0 Å². The lowest BCUT2D eigenvalue weighted by atomic mass is 10.0. The van der Waals surface area contributed by atoms with Crippen molar-refractivity contribution < 1.29 is 14.5 Å². The molecule has 0 N–H and O–H groups in total. The van der Waals surface area contributed by atoms with Crippen LogP contribution in [-0.2, 0) is 0 Å². The van der Waals surface area contributed by atoms with Gasteiger partial charge < -0.3 is 9.64 Å². The highest BCUT2D eigenvalue weighted by Crippen LogP contribution is 2.25. The Hall–Kier alpha value is -2.89. The number of benzene rings is 2. The SMILES string of the molecule is C[C@H]1CCCCN1C(=O)c1ccc(Oc2ccc([N+](=O)[O-])cc2)cc1. The van der Waals surface area contributed by atoms with E-state index in [9.17, 15) is 14.9 Å².